The molecule has 104 valence electrons. The highest BCUT2D eigenvalue weighted by atomic mass is 32.2. The molecule has 2 rings (SSSR count). The smallest absolute Gasteiger partial charge is 0.327 e. The Morgan fingerprint density at radius 1 is 1.63 bits per heavy atom. The maximum absolute atomic E-state index is 12.3. The van der Waals surface area contributed by atoms with Gasteiger partial charge in [-0.05, 0) is 12.5 Å². The number of amides is 1. The predicted molar refractivity (Wildman–Crippen MR) is 71.7 cm³/mol. The lowest BCUT2D eigenvalue weighted by Gasteiger charge is -2.27. The fourth-order valence-electron chi connectivity index (χ4n) is 2.19. The van der Waals surface area contributed by atoms with Gasteiger partial charge >= 0.3 is 5.97 Å². The van der Waals surface area contributed by atoms with Crippen molar-refractivity contribution in [1.82, 2.24) is 15.1 Å². The maximum Gasteiger partial charge on any atom is 0.327 e. The van der Waals surface area contributed by atoms with E-state index in [1.54, 1.807) is 24.0 Å². The molecule has 2 heterocycles. The van der Waals surface area contributed by atoms with Crippen molar-refractivity contribution in [1.29, 1.82) is 0 Å². The molecule has 1 aromatic rings. The molecule has 19 heavy (non-hydrogen) atoms. The topological polar surface area (TPSA) is 86.3 Å². The molecule has 0 spiro atoms. The van der Waals surface area contributed by atoms with Gasteiger partial charge < -0.3 is 10.0 Å². The lowest BCUT2D eigenvalue weighted by molar-refractivity contribution is -0.148. The van der Waals surface area contributed by atoms with Crippen LogP contribution in [0.5, 0.6) is 0 Å². The van der Waals surface area contributed by atoms with Crippen molar-refractivity contribution in [3.63, 3.8) is 0 Å². The number of aliphatic carboxylic acids is 1. The monoisotopic (exact) mass is 283 g/mol. The molecule has 0 saturated carbocycles. The molecular weight excluding hydrogens is 266 g/mol. The number of hydrogen-bond acceptors (Lipinski definition) is 4. The third-order valence-corrected chi connectivity index (χ3v) is 4.46. The molecule has 0 aromatic carbocycles. The predicted octanol–water partition coefficient (Wildman–Crippen LogP) is 1.11. The van der Waals surface area contributed by atoms with Crippen molar-refractivity contribution in [3.8, 4) is 0 Å². The maximum atomic E-state index is 12.3. The van der Waals surface area contributed by atoms with Crippen molar-refractivity contribution in [3.05, 3.63) is 18.0 Å². The van der Waals surface area contributed by atoms with Gasteiger partial charge in [0.25, 0.3) is 0 Å². The molecule has 2 unspecified atom stereocenters. The number of aromatic nitrogens is 2. The van der Waals surface area contributed by atoms with Gasteiger partial charge in [0, 0.05) is 17.6 Å². The SMILES string of the molecule is CCCC1SCC(C(=O)O)N1C(=O)Cc1ccn[nH]1. The van der Waals surface area contributed by atoms with Gasteiger partial charge in [-0.1, -0.05) is 13.3 Å². The van der Waals surface area contributed by atoms with Crippen LogP contribution in [0.15, 0.2) is 12.3 Å². The summed E-state index contributed by atoms with van der Waals surface area (Å²) in [7, 11) is 0. The Bertz CT molecular complexity index is 449. The highest BCUT2D eigenvalue weighted by Gasteiger charge is 2.40. The van der Waals surface area contributed by atoms with Crippen molar-refractivity contribution < 1.29 is 14.7 Å². The summed E-state index contributed by atoms with van der Waals surface area (Å²) in [6.07, 6.45) is 3.51. The number of hydrogen-bond donors (Lipinski definition) is 2. The Balaban J connectivity index is 2.11. The van der Waals surface area contributed by atoms with Crippen LogP contribution in [0.2, 0.25) is 0 Å². The van der Waals surface area contributed by atoms with Crippen molar-refractivity contribution in [2.24, 2.45) is 0 Å². The number of thioether (sulfide) groups is 1. The molecule has 0 aliphatic carbocycles. The number of H-pyrrole nitrogens is 1. The number of nitrogens with one attached hydrogen (secondary N) is 1. The van der Waals surface area contributed by atoms with Crippen LogP contribution >= 0.6 is 11.8 Å². The Morgan fingerprint density at radius 2 is 2.42 bits per heavy atom. The van der Waals surface area contributed by atoms with E-state index < -0.39 is 12.0 Å². The first kappa shape index (κ1) is 13.9. The van der Waals surface area contributed by atoms with E-state index in [0.29, 0.717) is 11.4 Å². The quantitative estimate of drug-likeness (QED) is 0.845. The van der Waals surface area contributed by atoms with Crippen LogP contribution in [0, 0.1) is 0 Å². The zero-order chi connectivity index (χ0) is 13.8. The van der Waals surface area contributed by atoms with Gasteiger partial charge in [0.1, 0.15) is 6.04 Å². The number of nitrogens with zero attached hydrogens (tertiary/aromatic N) is 2. The molecule has 6 nitrogen and oxygen atoms in total. The van der Waals surface area contributed by atoms with E-state index in [4.69, 9.17) is 0 Å². The summed E-state index contributed by atoms with van der Waals surface area (Å²) in [5.41, 5.74) is 0.710. The van der Waals surface area contributed by atoms with Crippen LogP contribution in [0.1, 0.15) is 25.5 Å². The zero-order valence-electron chi connectivity index (χ0n) is 10.7. The fourth-order valence-corrected chi connectivity index (χ4v) is 3.73. The van der Waals surface area contributed by atoms with Gasteiger partial charge in [-0.25, -0.2) is 4.79 Å². The second kappa shape index (κ2) is 6.10. The molecule has 1 fully saturated rings. The van der Waals surface area contributed by atoms with E-state index in [1.165, 1.54) is 4.90 Å². The van der Waals surface area contributed by atoms with Crippen molar-refractivity contribution in [2.45, 2.75) is 37.6 Å². The van der Waals surface area contributed by atoms with Gasteiger partial charge in [0.15, 0.2) is 0 Å². The minimum absolute atomic E-state index is 0.0264. The van der Waals surface area contributed by atoms with Gasteiger partial charge in [0.2, 0.25) is 5.91 Å². The van der Waals surface area contributed by atoms with Gasteiger partial charge in [-0.2, -0.15) is 5.10 Å². The number of carbonyl (C=O) groups is 2. The van der Waals surface area contributed by atoms with Gasteiger partial charge in [0.05, 0.1) is 11.8 Å². The molecule has 1 aliphatic rings. The average molecular weight is 283 g/mol. The minimum Gasteiger partial charge on any atom is -0.480 e. The minimum atomic E-state index is -0.927. The average Bonchev–Trinajstić information content (AvgIpc) is 2.98. The first-order chi connectivity index (χ1) is 9.13. The summed E-state index contributed by atoms with van der Waals surface area (Å²) in [6, 6.07) is 1.02. The third kappa shape index (κ3) is 3.09. The van der Waals surface area contributed by atoms with Crippen molar-refractivity contribution >= 4 is 23.6 Å². The molecule has 2 atom stereocenters. The molecule has 1 saturated heterocycles. The summed E-state index contributed by atoms with van der Waals surface area (Å²) >= 11 is 1.55. The molecule has 2 N–H and O–H groups in total. The number of rotatable bonds is 5. The molecule has 1 aliphatic heterocycles. The fraction of sp³-hybridized carbons (Fsp3) is 0.583. The third-order valence-electron chi connectivity index (χ3n) is 3.10. The molecular formula is C12H17N3O3S. The first-order valence-electron chi connectivity index (χ1n) is 6.27. The van der Waals surface area contributed by atoms with E-state index in [1.807, 2.05) is 6.92 Å². The summed E-state index contributed by atoms with van der Waals surface area (Å²) < 4.78 is 0. The number of carboxylic acid groups (broad SMARTS) is 1. The molecule has 7 heteroatoms. The standard InChI is InChI=1S/C12H17N3O3S/c1-2-3-11-15(9(7-19-11)12(17)18)10(16)6-8-4-5-13-14-8/h4-5,9,11H,2-3,6-7H2,1H3,(H,13,14)(H,17,18). The number of carboxylic acids is 1. The Morgan fingerprint density at radius 3 is 3.00 bits per heavy atom. The van der Waals surface area contributed by atoms with Crippen LogP contribution in [-0.2, 0) is 16.0 Å². The summed E-state index contributed by atoms with van der Waals surface area (Å²) in [5.74, 6) is -0.612. The van der Waals surface area contributed by atoms with Crippen LogP contribution in [0.25, 0.3) is 0 Å². The summed E-state index contributed by atoms with van der Waals surface area (Å²) in [5, 5.41) is 15.7. The Hall–Kier alpha value is -1.50. The van der Waals surface area contributed by atoms with Crippen molar-refractivity contribution in [2.75, 3.05) is 5.75 Å². The zero-order valence-corrected chi connectivity index (χ0v) is 11.5. The normalized spacial score (nSPS) is 22.7. The van der Waals surface area contributed by atoms with Gasteiger partial charge in [-0.15, -0.1) is 11.8 Å². The van der Waals surface area contributed by atoms with E-state index >= 15 is 0 Å². The molecule has 0 bridgehead atoms. The summed E-state index contributed by atoms with van der Waals surface area (Å²) in [4.78, 5) is 25.1. The lowest BCUT2D eigenvalue weighted by atomic mass is 10.2. The van der Waals surface area contributed by atoms with E-state index in [-0.39, 0.29) is 17.7 Å². The van der Waals surface area contributed by atoms with E-state index in [0.717, 1.165) is 12.8 Å². The highest BCUT2D eigenvalue weighted by Crippen LogP contribution is 2.32. The molecule has 0 radical (unpaired) electrons. The van der Waals surface area contributed by atoms with Crippen LogP contribution < -0.4 is 0 Å². The first-order valence-corrected chi connectivity index (χ1v) is 7.32. The number of aromatic amines is 1. The van der Waals surface area contributed by atoms with Crippen LogP contribution in [0.3, 0.4) is 0 Å². The Labute approximate surface area is 115 Å². The van der Waals surface area contributed by atoms with Crippen LogP contribution in [0.4, 0.5) is 0 Å². The summed E-state index contributed by atoms with van der Waals surface area (Å²) in [6.45, 7) is 2.03. The molecule has 1 aromatic heterocycles. The van der Waals surface area contributed by atoms with Crippen LogP contribution in [-0.4, -0.2) is 49.2 Å². The lowest BCUT2D eigenvalue weighted by Crippen LogP contribution is -2.46. The van der Waals surface area contributed by atoms with Gasteiger partial charge in [-0.3, -0.25) is 9.89 Å². The Kier molecular flexibility index (Phi) is 4.47. The molecule has 1 amide bonds. The number of carbonyl (C=O) groups excluding carboxylic acids is 1. The van der Waals surface area contributed by atoms with E-state index in [2.05, 4.69) is 10.2 Å². The second-order valence-corrected chi connectivity index (χ2v) is 5.70. The highest BCUT2D eigenvalue weighted by molar-refractivity contribution is 8.00. The largest absolute Gasteiger partial charge is 0.480 e. The van der Waals surface area contributed by atoms with E-state index in [9.17, 15) is 14.7 Å². The second-order valence-electron chi connectivity index (χ2n) is 4.49.